The van der Waals surface area contributed by atoms with Crippen molar-refractivity contribution < 1.29 is 0 Å². The van der Waals surface area contributed by atoms with Crippen molar-refractivity contribution in [3.8, 4) is 0 Å². The highest BCUT2D eigenvalue weighted by Gasteiger charge is 2.43. The molecule has 3 heteroatoms. The second kappa shape index (κ2) is 5.66. The van der Waals surface area contributed by atoms with E-state index < -0.39 is 0 Å². The third-order valence-corrected chi connectivity index (χ3v) is 7.00. The van der Waals surface area contributed by atoms with Crippen molar-refractivity contribution in [1.29, 1.82) is 0 Å². The van der Waals surface area contributed by atoms with Gasteiger partial charge in [-0.25, -0.2) is 0 Å². The van der Waals surface area contributed by atoms with Crippen LogP contribution < -0.4 is 5.32 Å². The Hall–Kier alpha value is -1.68. The molecule has 2 heterocycles. The van der Waals surface area contributed by atoms with Crippen LogP contribution in [0.4, 0.5) is 0 Å². The number of hydrogen-bond donors (Lipinski definition) is 1. The molecular formula is C22H24N2S. The van der Waals surface area contributed by atoms with Gasteiger partial charge in [0.05, 0.1) is 0 Å². The molecule has 2 aliphatic rings. The van der Waals surface area contributed by atoms with Crippen LogP contribution in [0.15, 0.2) is 47.8 Å². The Balaban J connectivity index is 1.58. The fourth-order valence-corrected chi connectivity index (χ4v) is 5.26. The molecular weight excluding hydrogens is 324 g/mol. The van der Waals surface area contributed by atoms with Gasteiger partial charge in [0, 0.05) is 29.2 Å². The zero-order valence-corrected chi connectivity index (χ0v) is 15.7. The van der Waals surface area contributed by atoms with Crippen molar-refractivity contribution in [2.24, 2.45) is 0 Å². The number of fused-ring (bicyclic) bond motifs is 2. The predicted octanol–water partition coefficient (Wildman–Crippen LogP) is 4.69. The van der Waals surface area contributed by atoms with Crippen LogP contribution in [-0.2, 0) is 12.1 Å². The summed E-state index contributed by atoms with van der Waals surface area (Å²) in [7, 11) is 4.34. The van der Waals surface area contributed by atoms with E-state index in [2.05, 4.69) is 72.2 Å². The first-order valence-corrected chi connectivity index (χ1v) is 10.0. The zero-order chi connectivity index (χ0) is 17.0. The summed E-state index contributed by atoms with van der Waals surface area (Å²) in [4.78, 5) is 2.47. The maximum absolute atomic E-state index is 3.53. The first-order chi connectivity index (χ1) is 12.2. The Kier molecular flexibility index (Phi) is 3.53. The van der Waals surface area contributed by atoms with Gasteiger partial charge < -0.3 is 10.2 Å². The molecule has 25 heavy (non-hydrogen) atoms. The van der Waals surface area contributed by atoms with Crippen molar-refractivity contribution in [3.05, 3.63) is 70.1 Å². The van der Waals surface area contributed by atoms with Crippen molar-refractivity contribution >= 4 is 21.4 Å². The Bertz CT molecular complexity index is 938. The highest BCUT2D eigenvalue weighted by atomic mass is 32.1. The lowest BCUT2D eigenvalue weighted by molar-refractivity contribution is 0.295. The Labute approximate surface area is 153 Å². The van der Waals surface area contributed by atoms with Gasteiger partial charge in [0.25, 0.3) is 0 Å². The lowest BCUT2D eigenvalue weighted by Crippen LogP contribution is -2.32. The van der Waals surface area contributed by atoms with Crippen LogP contribution in [0.5, 0.6) is 0 Å². The minimum Gasteiger partial charge on any atom is -0.310 e. The third kappa shape index (κ3) is 2.53. The summed E-state index contributed by atoms with van der Waals surface area (Å²) in [6.07, 6.45) is 2.52. The minimum atomic E-state index is 0.246. The molecule has 1 fully saturated rings. The molecule has 0 radical (unpaired) electrons. The number of hydrogen-bond acceptors (Lipinski definition) is 3. The predicted molar refractivity (Wildman–Crippen MR) is 106 cm³/mol. The molecule has 1 unspecified atom stereocenters. The third-order valence-electron chi connectivity index (χ3n) is 6.12. The monoisotopic (exact) mass is 348 g/mol. The van der Waals surface area contributed by atoms with Crippen LogP contribution in [0.3, 0.4) is 0 Å². The van der Waals surface area contributed by atoms with E-state index in [1.54, 1.807) is 0 Å². The van der Waals surface area contributed by atoms with Gasteiger partial charge in [0.1, 0.15) is 0 Å². The summed E-state index contributed by atoms with van der Waals surface area (Å²) in [5, 5.41) is 7.08. The van der Waals surface area contributed by atoms with Crippen molar-refractivity contribution in [1.82, 2.24) is 10.2 Å². The zero-order valence-electron chi connectivity index (χ0n) is 14.9. The second-order valence-electron chi connectivity index (χ2n) is 7.71. The largest absolute Gasteiger partial charge is 0.310 e. The van der Waals surface area contributed by atoms with Gasteiger partial charge in [-0.15, -0.1) is 11.3 Å². The van der Waals surface area contributed by atoms with E-state index in [1.165, 1.54) is 45.2 Å². The van der Waals surface area contributed by atoms with Crippen LogP contribution in [0, 0.1) is 0 Å². The van der Waals surface area contributed by atoms with Gasteiger partial charge in [-0.1, -0.05) is 30.3 Å². The van der Waals surface area contributed by atoms with Crippen molar-refractivity contribution in [3.63, 3.8) is 0 Å². The quantitative estimate of drug-likeness (QED) is 0.739. The fourth-order valence-electron chi connectivity index (χ4n) is 4.43. The maximum atomic E-state index is 3.53. The molecule has 1 atom stereocenters. The standard InChI is InChI=1S/C22H24N2S/c1-23-22(8-9-22)18-5-6-19-17(11-18)13-24(2)14-20(19)16-4-3-15-7-10-25-21(15)12-16/h3-7,10-12,20,23H,8-9,13-14H2,1-2H3. The van der Waals surface area contributed by atoms with Gasteiger partial charge in [-0.05, 0) is 72.1 Å². The Morgan fingerprint density at radius 2 is 2.00 bits per heavy atom. The Morgan fingerprint density at radius 1 is 1.12 bits per heavy atom. The number of benzene rings is 2. The molecule has 5 rings (SSSR count). The molecule has 0 saturated heterocycles. The summed E-state index contributed by atoms with van der Waals surface area (Å²) >= 11 is 1.84. The first-order valence-electron chi connectivity index (χ1n) is 9.16. The van der Waals surface area contributed by atoms with Gasteiger partial charge in [0.15, 0.2) is 0 Å². The highest BCUT2D eigenvalue weighted by molar-refractivity contribution is 7.17. The van der Waals surface area contributed by atoms with Crippen LogP contribution in [0.25, 0.3) is 10.1 Å². The average molecular weight is 349 g/mol. The molecule has 1 aromatic heterocycles. The van der Waals surface area contributed by atoms with Crippen molar-refractivity contribution in [2.45, 2.75) is 30.8 Å². The summed E-state index contributed by atoms with van der Waals surface area (Å²) in [6, 6.07) is 16.5. The summed E-state index contributed by atoms with van der Waals surface area (Å²) in [5.41, 5.74) is 6.19. The molecule has 1 aliphatic heterocycles. The highest BCUT2D eigenvalue weighted by Crippen LogP contribution is 2.46. The Morgan fingerprint density at radius 3 is 2.80 bits per heavy atom. The normalized spacial score (nSPS) is 22.1. The smallest absolute Gasteiger partial charge is 0.0433 e. The summed E-state index contributed by atoms with van der Waals surface area (Å²) < 4.78 is 1.40. The molecule has 2 aromatic carbocycles. The number of nitrogens with one attached hydrogen (secondary N) is 1. The lowest BCUT2D eigenvalue weighted by atomic mass is 9.83. The van der Waals surface area contributed by atoms with E-state index in [9.17, 15) is 0 Å². The topological polar surface area (TPSA) is 15.3 Å². The molecule has 0 bridgehead atoms. The van der Waals surface area contributed by atoms with Crippen LogP contribution in [-0.4, -0.2) is 25.5 Å². The molecule has 1 N–H and O–H groups in total. The lowest BCUT2D eigenvalue weighted by Gasteiger charge is -2.33. The van der Waals surface area contributed by atoms with Crippen LogP contribution >= 0.6 is 11.3 Å². The van der Waals surface area contributed by atoms with Gasteiger partial charge in [-0.3, -0.25) is 0 Å². The van der Waals surface area contributed by atoms with E-state index in [1.807, 2.05) is 11.3 Å². The van der Waals surface area contributed by atoms with Gasteiger partial charge >= 0.3 is 0 Å². The SMILES string of the molecule is CNC1(c2ccc3c(c2)CN(C)CC3c2ccc3ccsc3c2)CC1. The van der Waals surface area contributed by atoms with Crippen LogP contribution in [0.1, 0.15) is 41.0 Å². The number of nitrogens with zero attached hydrogens (tertiary/aromatic N) is 1. The first kappa shape index (κ1) is 15.6. The number of thiophene rings is 1. The summed E-state index contributed by atoms with van der Waals surface area (Å²) in [6.45, 7) is 2.15. The average Bonchev–Trinajstić information content (AvgIpc) is 3.30. The van der Waals surface area contributed by atoms with E-state index in [0.717, 1.165) is 13.1 Å². The van der Waals surface area contributed by atoms with E-state index >= 15 is 0 Å². The molecule has 2 nitrogen and oxygen atoms in total. The van der Waals surface area contributed by atoms with E-state index in [0.29, 0.717) is 5.92 Å². The maximum Gasteiger partial charge on any atom is 0.0433 e. The minimum absolute atomic E-state index is 0.246. The molecule has 1 aliphatic carbocycles. The number of likely N-dealkylation sites (N-methyl/N-ethyl adjacent to an activating group) is 1. The molecule has 3 aromatic rings. The van der Waals surface area contributed by atoms with Gasteiger partial charge in [0.2, 0.25) is 0 Å². The van der Waals surface area contributed by atoms with Crippen molar-refractivity contribution in [2.75, 3.05) is 20.6 Å². The molecule has 128 valence electrons. The van der Waals surface area contributed by atoms with Crippen LogP contribution in [0.2, 0.25) is 0 Å². The molecule has 0 spiro atoms. The van der Waals surface area contributed by atoms with E-state index in [-0.39, 0.29) is 5.54 Å². The van der Waals surface area contributed by atoms with E-state index in [4.69, 9.17) is 0 Å². The fraction of sp³-hybridized carbons (Fsp3) is 0.364. The van der Waals surface area contributed by atoms with Gasteiger partial charge in [-0.2, -0.15) is 0 Å². The number of rotatable bonds is 3. The molecule has 1 saturated carbocycles. The second-order valence-corrected chi connectivity index (χ2v) is 8.66. The summed E-state index contributed by atoms with van der Waals surface area (Å²) in [5.74, 6) is 0.471. The molecule has 0 amide bonds.